The van der Waals surface area contributed by atoms with Crippen molar-refractivity contribution in [2.24, 2.45) is 0 Å². The van der Waals surface area contributed by atoms with Gasteiger partial charge in [0.25, 0.3) is 0 Å². The fourth-order valence-corrected chi connectivity index (χ4v) is 1.83. The molecule has 0 aromatic heterocycles. The maximum absolute atomic E-state index is 2.28. The lowest BCUT2D eigenvalue weighted by molar-refractivity contribution is 0.846. The molecule has 0 fully saturated rings. The van der Waals surface area contributed by atoms with Gasteiger partial charge in [-0.05, 0) is 42.9 Å². The van der Waals surface area contributed by atoms with Crippen LogP contribution in [0.15, 0.2) is 24.3 Å². The van der Waals surface area contributed by atoms with E-state index in [-0.39, 0.29) is 0 Å². The summed E-state index contributed by atoms with van der Waals surface area (Å²) in [6.07, 6.45) is 8.32. The Balaban J connectivity index is 2.52. The van der Waals surface area contributed by atoms with Gasteiger partial charge in [0, 0.05) is 0 Å². The first kappa shape index (κ1) is 7.60. The van der Waals surface area contributed by atoms with E-state index in [4.69, 9.17) is 0 Å². The molecule has 0 saturated heterocycles. The van der Waals surface area contributed by atoms with Gasteiger partial charge in [-0.25, -0.2) is 0 Å². The van der Waals surface area contributed by atoms with Crippen LogP contribution in [0.4, 0.5) is 0 Å². The quantitative estimate of drug-likeness (QED) is 0.543. The SMILES string of the molecule is Cc1cccc2c1CCCC=C2. The van der Waals surface area contributed by atoms with Crippen molar-refractivity contribution in [1.29, 1.82) is 0 Å². The monoisotopic (exact) mass is 158 g/mol. The van der Waals surface area contributed by atoms with Crippen molar-refractivity contribution >= 4 is 6.08 Å². The molecule has 0 bridgehead atoms. The van der Waals surface area contributed by atoms with Crippen LogP contribution in [0.25, 0.3) is 6.08 Å². The minimum Gasteiger partial charge on any atom is -0.0839 e. The molecule has 1 aliphatic carbocycles. The summed E-state index contributed by atoms with van der Waals surface area (Å²) in [6, 6.07) is 6.56. The molecule has 62 valence electrons. The molecule has 12 heavy (non-hydrogen) atoms. The van der Waals surface area contributed by atoms with E-state index in [1.165, 1.54) is 30.4 Å². The number of fused-ring (bicyclic) bond motifs is 1. The van der Waals surface area contributed by atoms with E-state index >= 15 is 0 Å². The second-order valence-electron chi connectivity index (χ2n) is 3.44. The van der Waals surface area contributed by atoms with E-state index in [0.29, 0.717) is 0 Å². The second-order valence-corrected chi connectivity index (χ2v) is 3.44. The highest BCUT2D eigenvalue weighted by Gasteiger charge is 2.04. The van der Waals surface area contributed by atoms with Crippen LogP contribution in [0.3, 0.4) is 0 Å². The summed E-state index contributed by atoms with van der Waals surface area (Å²) in [5.41, 5.74) is 4.41. The van der Waals surface area contributed by atoms with Gasteiger partial charge in [0.2, 0.25) is 0 Å². The Morgan fingerprint density at radius 3 is 3.08 bits per heavy atom. The number of rotatable bonds is 0. The Hall–Kier alpha value is -1.04. The molecule has 0 heteroatoms. The van der Waals surface area contributed by atoms with Crippen molar-refractivity contribution in [3.05, 3.63) is 41.0 Å². The molecule has 0 nitrogen and oxygen atoms in total. The molecule has 0 amide bonds. The van der Waals surface area contributed by atoms with Crippen molar-refractivity contribution in [3.8, 4) is 0 Å². The molecule has 0 atom stereocenters. The zero-order valence-corrected chi connectivity index (χ0v) is 7.51. The summed E-state index contributed by atoms with van der Waals surface area (Å²) in [5.74, 6) is 0. The van der Waals surface area contributed by atoms with Gasteiger partial charge in [-0.15, -0.1) is 0 Å². The molecule has 0 N–H and O–H groups in total. The number of benzene rings is 1. The number of aryl methyl sites for hydroxylation is 1. The van der Waals surface area contributed by atoms with Gasteiger partial charge < -0.3 is 0 Å². The first-order valence-corrected chi connectivity index (χ1v) is 4.63. The van der Waals surface area contributed by atoms with Gasteiger partial charge in [0.15, 0.2) is 0 Å². The smallest absolute Gasteiger partial charge is 0.0225 e. The minimum atomic E-state index is 1.23. The lowest BCUT2D eigenvalue weighted by atomic mass is 9.99. The molecule has 1 aliphatic rings. The molecular formula is C12H14. The number of allylic oxidation sites excluding steroid dienone is 1. The van der Waals surface area contributed by atoms with Gasteiger partial charge >= 0.3 is 0 Å². The zero-order valence-electron chi connectivity index (χ0n) is 7.51. The first-order valence-electron chi connectivity index (χ1n) is 4.63. The van der Waals surface area contributed by atoms with E-state index in [1.54, 1.807) is 5.56 Å². The molecule has 0 spiro atoms. The fraction of sp³-hybridized carbons (Fsp3) is 0.333. The first-order chi connectivity index (χ1) is 5.88. The summed E-state index contributed by atoms with van der Waals surface area (Å²) in [7, 11) is 0. The van der Waals surface area contributed by atoms with E-state index in [2.05, 4.69) is 37.3 Å². The molecule has 0 aliphatic heterocycles. The average Bonchev–Trinajstić information content (AvgIpc) is 2.30. The Morgan fingerprint density at radius 1 is 1.25 bits per heavy atom. The van der Waals surface area contributed by atoms with Gasteiger partial charge in [-0.2, -0.15) is 0 Å². The summed E-state index contributed by atoms with van der Waals surface area (Å²) in [5, 5.41) is 0. The molecular weight excluding hydrogens is 144 g/mol. The van der Waals surface area contributed by atoms with Crippen LogP contribution in [0.1, 0.15) is 29.5 Å². The van der Waals surface area contributed by atoms with E-state index in [9.17, 15) is 0 Å². The van der Waals surface area contributed by atoms with Crippen LogP contribution in [-0.4, -0.2) is 0 Å². The molecule has 0 unspecified atom stereocenters. The van der Waals surface area contributed by atoms with Crippen molar-refractivity contribution in [1.82, 2.24) is 0 Å². The van der Waals surface area contributed by atoms with Gasteiger partial charge in [0.1, 0.15) is 0 Å². The molecule has 1 aromatic carbocycles. The van der Waals surface area contributed by atoms with Gasteiger partial charge in [-0.3, -0.25) is 0 Å². The third kappa shape index (κ3) is 1.29. The van der Waals surface area contributed by atoms with Crippen molar-refractivity contribution in [3.63, 3.8) is 0 Å². The summed E-state index contributed by atoms with van der Waals surface area (Å²) in [4.78, 5) is 0. The number of hydrogen-bond donors (Lipinski definition) is 0. The highest BCUT2D eigenvalue weighted by Crippen LogP contribution is 2.21. The fourth-order valence-electron chi connectivity index (χ4n) is 1.83. The summed E-state index contributed by atoms with van der Waals surface area (Å²) in [6.45, 7) is 2.21. The summed E-state index contributed by atoms with van der Waals surface area (Å²) >= 11 is 0. The third-order valence-electron chi connectivity index (χ3n) is 2.54. The second kappa shape index (κ2) is 3.14. The zero-order chi connectivity index (χ0) is 8.39. The predicted molar refractivity (Wildman–Crippen MR) is 53.2 cm³/mol. The highest BCUT2D eigenvalue weighted by molar-refractivity contribution is 5.56. The average molecular weight is 158 g/mol. The normalized spacial score (nSPS) is 15.4. The maximum Gasteiger partial charge on any atom is -0.0225 e. The summed E-state index contributed by atoms with van der Waals surface area (Å²) < 4.78 is 0. The van der Waals surface area contributed by atoms with Gasteiger partial charge in [-0.1, -0.05) is 30.4 Å². The molecule has 0 heterocycles. The van der Waals surface area contributed by atoms with Crippen LogP contribution < -0.4 is 0 Å². The molecule has 1 aromatic rings. The topological polar surface area (TPSA) is 0 Å². The Morgan fingerprint density at radius 2 is 2.17 bits per heavy atom. The van der Waals surface area contributed by atoms with Crippen LogP contribution in [0.2, 0.25) is 0 Å². The maximum atomic E-state index is 2.28. The van der Waals surface area contributed by atoms with Crippen LogP contribution in [0, 0.1) is 6.92 Å². The van der Waals surface area contributed by atoms with Gasteiger partial charge in [0.05, 0.1) is 0 Å². The molecule has 2 rings (SSSR count). The van der Waals surface area contributed by atoms with E-state index < -0.39 is 0 Å². The predicted octanol–water partition coefficient (Wildman–Crippen LogP) is 3.34. The minimum absolute atomic E-state index is 1.23. The van der Waals surface area contributed by atoms with E-state index in [1.807, 2.05) is 0 Å². The third-order valence-corrected chi connectivity index (χ3v) is 2.54. The Labute approximate surface area is 73.9 Å². The largest absolute Gasteiger partial charge is 0.0839 e. The lowest BCUT2D eigenvalue weighted by Gasteiger charge is -2.06. The van der Waals surface area contributed by atoms with Crippen LogP contribution >= 0.6 is 0 Å². The lowest BCUT2D eigenvalue weighted by Crippen LogP contribution is -1.91. The van der Waals surface area contributed by atoms with Crippen LogP contribution in [-0.2, 0) is 6.42 Å². The Kier molecular flexibility index (Phi) is 1.99. The van der Waals surface area contributed by atoms with Crippen LogP contribution in [0.5, 0.6) is 0 Å². The van der Waals surface area contributed by atoms with E-state index in [0.717, 1.165) is 0 Å². The van der Waals surface area contributed by atoms with Crippen molar-refractivity contribution in [2.45, 2.75) is 26.2 Å². The van der Waals surface area contributed by atoms with Crippen molar-refractivity contribution < 1.29 is 0 Å². The standard InChI is InChI=1S/C12H14/c1-10-6-5-8-11-7-3-2-4-9-12(10)11/h3,5-8H,2,4,9H2,1H3. The Bertz CT molecular complexity index is 308. The molecule has 0 saturated carbocycles. The highest BCUT2D eigenvalue weighted by atomic mass is 14.1. The van der Waals surface area contributed by atoms with Crippen molar-refractivity contribution in [2.75, 3.05) is 0 Å². The molecule has 0 radical (unpaired) electrons. The number of hydrogen-bond acceptors (Lipinski definition) is 0.